The van der Waals surface area contributed by atoms with Gasteiger partial charge in [-0.1, -0.05) is 36.4 Å². The molecule has 0 atom stereocenters. The van der Waals surface area contributed by atoms with Crippen molar-refractivity contribution in [2.24, 2.45) is 0 Å². The lowest BCUT2D eigenvalue weighted by atomic mass is 10.1. The normalized spacial score (nSPS) is 11.2. The zero-order valence-corrected chi connectivity index (χ0v) is 16.7. The number of nitrogens with zero attached hydrogens (tertiary/aromatic N) is 1. The maximum Gasteiger partial charge on any atom is 0.417 e. The average molecular weight is 433 g/mol. The van der Waals surface area contributed by atoms with E-state index in [0.29, 0.717) is 18.7 Å². The van der Waals surface area contributed by atoms with Crippen molar-refractivity contribution < 1.29 is 22.8 Å². The minimum absolute atomic E-state index is 0.0819. The van der Waals surface area contributed by atoms with Gasteiger partial charge in [0, 0.05) is 24.4 Å². The highest BCUT2D eigenvalue weighted by Crippen LogP contribution is 2.32. The number of rotatable bonds is 6. The number of carbonyl (C=O) groups excluding carboxylic acids is 2. The fourth-order valence-electron chi connectivity index (χ4n) is 2.78. The first kappa shape index (κ1) is 21.5. The molecule has 156 valence electrons. The largest absolute Gasteiger partial charge is 0.417 e. The zero-order chi connectivity index (χ0) is 21.7. The summed E-state index contributed by atoms with van der Waals surface area (Å²) in [6.07, 6.45) is -3.93. The molecule has 0 saturated heterocycles. The van der Waals surface area contributed by atoms with Gasteiger partial charge >= 0.3 is 6.18 Å². The van der Waals surface area contributed by atoms with Gasteiger partial charge in [-0.25, -0.2) is 4.98 Å². The number of alkyl halides is 3. The molecule has 1 aromatic heterocycles. The van der Waals surface area contributed by atoms with Crippen molar-refractivity contribution in [1.29, 1.82) is 0 Å². The van der Waals surface area contributed by atoms with Gasteiger partial charge in [0.25, 0.3) is 5.91 Å². The van der Waals surface area contributed by atoms with Crippen LogP contribution in [-0.2, 0) is 17.4 Å². The fraction of sp³-hybridized carbons (Fsp3) is 0.190. The van der Waals surface area contributed by atoms with E-state index in [4.69, 9.17) is 0 Å². The zero-order valence-electron chi connectivity index (χ0n) is 15.9. The highest BCUT2D eigenvalue weighted by atomic mass is 32.1. The van der Waals surface area contributed by atoms with E-state index in [1.165, 1.54) is 19.1 Å². The minimum atomic E-state index is -4.62. The predicted molar refractivity (Wildman–Crippen MR) is 109 cm³/mol. The molecule has 1 heterocycles. The molecule has 2 aromatic carbocycles. The van der Waals surface area contributed by atoms with E-state index in [0.717, 1.165) is 34.6 Å². The Balaban J connectivity index is 1.69. The van der Waals surface area contributed by atoms with Crippen molar-refractivity contribution in [1.82, 2.24) is 10.3 Å². The Bertz CT molecular complexity index is 1050. The SMILES string of the molecule is CC(=O)NCCc1ccc(-c2csc(NC(=O)c3ccccc3C(F)(F)F)n2)cc1. The fourth-order valence-corrected chi connectivity index (χ4v) is 3.50. The quantitative estimate of drug-likeness (QED) is 0.589. The van der Waals surface area contributed by atoms with Crippen LogP contribution in [0.2, 0.25) is 0 Å². The molecule has 0 fully saturated rings. The molecule has 0 aliphatic rings. The van der Waals surface area contributed by atoms with Crippen LogP contribution in [0.4, 0.5) is 18.3 Å². The number of hydrogen-bond acceptors (Lipinski definition) is 4. The van der Waals surface area contributed by atoms with Crippen LogP contribution in [0.3, 0.4) is 0 Å². The van der Waals surface area contributed by atoms with Gasteiger partial charge < -0.3 is 5.32 Å². The lowest BCUT2D eigenvalue weighted by molar-refractivity contribution is -0.137. The Morgan fingerprint density at radius 2 is 1.77 bits per heavy atom. The van der Waals surface area contributed by atoms with E-state index in [1.807, 2.05) is 24.3 Å². The summed E-state index contributed by atoms with van der Waals surface area (Å²) in [5.41, 5.74) is 1.01. The van der Waals surface area contributed by atoms with Gasteiger partial charge in [-0.05, 0) is 24.1 Å². The number of hydrogen-bond donors (Lipinski definition) is 2. The van der Waals surface area contributed by atoms with Crippen LogP contribution in [0.5, 0.6) is 0 Å². The number of anilines is 1. The summed E-state index contributed by atoms with van der Waals surface area (Å²) in [4.78, 5) is 27.6. The minimum Gasteiger partial charge on any atom is -0.356 e. The van der Waals surface area contributed by atoms with Crippen LogP contribution < -0.4 is 10.6 Å². The maximum absolute atomic E-state index is 13.1. The number of halogens is 3. The summed E-state index contributed by atoms with van der Waals surface area (Å²) in [7, 11) is 0. The summed E-state index contributed by atoms with van der Waals surface area (Å²) in [5.74, 6) is -0.946. The highest BCUT2D eigenvalue weighted by molar-refractivity contribution is 7.14. The second kappa shape index (κ2) is 9.08. The third kappa shape index (κ3) is 5.44. The Hall–Kier alpha value is -3.20. The van der Waals surface area contributed by atoms with Crippen LogP contribution in [0.1, 0.15) is 28.4 Å². The van der Waals surface area contributed by atoms with E-state index in [1.54, 1.807) is 5.38 Å². The van der Waals surface area contributed by atoms with Gasteiger partial charge in [-0.2, -0.15) is 13.2 Å². The van der Waals surface area contributed by atoms with Crippen LogP contribution in [0.25, 0.3) is 11.3 Å². The second-order valence-corrected chi connectivity index (χ2v) is 7.32. The Morgan fingerprint density at radius 1 is 1.07 bits per heavy atom. The number of nitrogens with one attached hydrogen (secondary N) is 2. The van der Waals surface area contributed by atoms with Crippen molar-refractivity contribution in [2.75, 3.05) is 11.9 Å². The van der Waals surface area contributed by atoms with Crippen molar-refractivity contribution in [3.63, 3.8) is 0 Å². The van der Waals surface area contributed by atoms with E-state index < -0.39 is 23.2 Å². The molecule has 3 rings (SSSR count). The van der Waals surface area contributed by atoms with Gasteiger partial charge in [0.2, 0.25) is 5.91 Å². The van der Waals surface area contributed by atoms with Crippen molar-refractivity contribution in [2.45, 2.75) is 19.5 Å². The molecule has 3 aromatic rings. The monoisotopic (exact) mass is 433 g/mol. The molecule has 0 aliphatic carbocycles. The number of aromatic nitrogens is 1. The summed E-state index contributed by atoms with van der Waals surface area (Å²) in [6, 6.07) is 12.2. The van der Waals surface area contributed by atoms with Crippen LogP contribution >= 0.6 is 11.3 Å². The second-order valence-electron chi connectivity index (χ2n) is 6.47. The van der Waals surface area contributed by atoms with E-state index >= 15 is 0 Å². The number of carbonyl (C=O) groups is 2. The molecule has 30 heavy (non-hydrogen) atoms. The average Bonchev–Trinajstić information content (AvgIpc) is 3.16. The summed E-state index contributed by atoms with van der Waals surface area (Å²) in [5, 5.41) is 7.10. The van der Waals surface area contributed by atoms with E-state index in [2.05, 4.69) is 15.6 Å². The van der Waals surface area contributed by atoms with Crippen LogP contribution in [-0.4, -0.2) is 23.3 Å². The maximum atomic E-state index is 13.1. The predicted octanol–water partition coefficient (Wildman–Crippen LogP) is 4.76. The number of amides is 2. The van der Waals surface area contributed by atoms with Crippen molar-refractivity contribution in [3.05, 3.63) is 70.6 Å². The molecule has 0 radical (unpaired) electrons. The molecule has 0 saturated carbocycles. The molecule has 0 bridgehead atoms. The van der Waals surface area contributed by atoms with Gasteiger partial charge in [-0.3, -0.25) is 14.9 Å². The van der Waals surface area contributed by atoms with E-state index in [-0.39, 0.29) is 11.0 Å². The molecule has 0 aliphatic heterocycles. The van der Waals surface area contributed by atoms with Gasteiger partial charge in [0.05, 0.1) is 16.8 Å². The standard InChI is InChI=1S/C21H18F3N3O2S/c1-13(28)25-11-10-14-6-8-15(9-7-14)18-12-30-20(26-18)27-19(29)16-4-2-3-5-17(16)21(22,23)24/h2-9,12H,10-11H2,1H3,(H,25,28)(H,26,27,29). The molecule has 9 heteroatoms. The topological polar surface area (TPSA) is 71.1 Å². The first-order chi connectivity index (χ1) is 14.2. The lowest BCUT2D eigenvalue weighted by Gasteiger charge is -2.11. The molecular weight excluding hydrogens is 415 g/mol. The smallest absolute Gasteiger partial charge is 0.356 e. The molecule has 2 amide bonds. The third-order valence-corrected chi connectivity index (χ3v) is 5.00. The highest BCUT2D eigenvalue weighted by Gasteiger charge is 2.34. The molecule has 0 unspecified atom stereocenters. The molecular formula is C21H18F3N3O2S. The van der Waals surface area contributed by atoms with Crippen molar-refractivity contribution in [3.8, 4) is 11.3 Å². The summed E-state index contributed by atoms with van der Waals surface area (Å²) in [6.45, 7) is 2.00. The molecule has 5 nitrogen and oxygen atoms in total. The number of benzene rings is 2. The van der Waals surface area contributed by atoms with Gasteiger partial charge in [-0.15, -0.1) is 11.3 Å². The lowest BCUT2D eigenvalue weighted by Crippen LogP contribution is -2.22. The Morgan fingerprint density at radius 3 is 2.43 bits per heavy atom. The van der Waals surface area contributed by atoms with Crippen LogP contribution in [0.15, 0.2) is 53.9 Å². The molecule has 2 N–H and O–H groups in total. The first-order valence-corrected chi connectivity index (χ1v) is 9.89. The van der Waals surface area contributed by atoms with Gasteiger partial charge in [0.15, 0.2) is 5.13 Å². The van der Waals surface area contributed by atoms with E-state index in [9.17, 15) is 22.8 Å². The van der Waals surface area contributed by atoms with Gasteiger partial charge in [0.1, 0.15) is 0 Å². The Labute approximate surface area is 175 Å². The first-order valence-electron chi connectivity index (χ1n) is 9.01. The van der Waals surface area contributed by atoms with Crippen molar-refractivity contribution >= 4 is 28.3 Å². The molecule has 0 spiro atoms. The third-order valence-electron chi connectivity index (χ3n) is 4.24. The summed E-state index contributed by atoms with van der Waals surface area (Å²) < 4.78 is 39.3. The number of thiazole rings is 1. The van der Waals surface area contributed by atoms with Crippen LogP contribution in [0, 0.1) is 0 Å². The Kier molecular flexibility index (Phi) is 6.51. The summed E-state index contributed by atoms with van der Waals surface area (Å²) >= 11 is 1.13.